The molecular weight excluding hydrogens is 373 g/mol. The first-order valence-corrected chi connectivity index (χ1v) is 9.64. The van der Waals surface area contributed by atoms with E-state index >= 15 is 0 Å². The number of carbonyl (C=O) groups excluding carboxylic acids is 1. The number of sulfone groups is 1. The van der Waals surface area contributed by atoms with Crippen molar-refractivity contribution in [1.82, 2.24) is 15.5 Å². The molecule has 0 bridgehead atoms. The van der Waals surface area contributed by atoms with Gasteiger partial charge in [-0.2, -0.15) is 0 Å². The Kier molecular flexibility index (Phi) is 5.31. The normalized spacial score (nSPS) is 11.3. The summed E-state index contributed by atoms with van der Waals surface area (Å²) in [5, 5.41) is 9.25. The van der Waals surface area contributed by atoms with Gasteiger partial charge in [0.05, 0.1) is 12.3 Å². The van der Waals surface area contributed by atoms with Crippen molar-refractivity contribution in [3.05, 3.63) is 76.9 Å². The molecule has 0 unspecified atom stereocenters. The number of aryl methyl sites for hydroxylation is 1. The Hall–Kier alpha value is -3.07. The number of amides is 1. The highest BCUT2D eigenvalue weighted by Gasteiger charge is 2.23. The minimum Gasteiger partial charge on any atom is -0.411 e. The van der Waals surface area contributed by atoms with Crippen LogP contribution in [0.25, 0.3) is 0 Å². The van der Waals surface area contributed by atoms with Gasteiger partial charge in [0.2, 0.25) is 15.7 Å². The predicted octanol–water partition coefficient (Wildman–Crippen LogP) is 2.42. The van der Waals surface area contributed by atoms with E-state index in [9.17, 15) is 17.6 Å². The summed E-state index contributed by atoms with van der Waals surface area (Å²) in [5.41, 5.74) is 1.70. The van der Waals surface area contributed by atoms with E-state index in [2.05, 4.69) is 15.5 Å². The molecule has 2 aromatic carbocycles. The molecule has 0 fully saturated rings. The van der Waals surface area contributed by atoms with Gasteiger partial charge in [-0.1, -0.05) is 35.4 Å². The minimum absolute atomic E-state index is 0.0328. The maximum Gasteiger partial charge on any atom is 0.335 e. The first-order valence-electron chi connectivity index (χ1n) is 7.98. The molecule has 0 aliphatic carbocycles. The number of benzene rings is 2. The molecule has 140 valence electrons. The van der Waals surface area contributed by atoms with Crippen molar-refractivity contribution in [1.29, 1.82) is 0 Å². The van der Waals surface area contributed by atoms with Gasteiger partial charge < -0.3 is 9.73 Å². The van der Waals surface area contributed by atoms with E-state index in [1.165, 1.54) is 24.3 Å². The molecule has 1 heterocycles. The lowest BCUT2D eigenvalue weighted by atomic mass is 10.1. The van der Waals surface area contributed by atoms with Gasteiger partial charge in [-0.15, -0.1) is 5.10 Å². The molecule has 0 aliphatic rings. The van der Waals surface area contributed by atoms with Gasteiger partial charge in [-0.25, -0.2) is 12.8 Å². The van der Waals surface area contributed by atoms with E-state index in [0.717, 1.165) is 5.56 Å². The van der Waals surface area contributed by atoms with Crippen LogP contribution in [0.4, 0.5) is 4.39 Å². The van der Waals surface area contributed by atoms with Crippen LogP contribution in [-0.2, 0) is 22.1 Å². The molecule has 27 heavy (non-hydrogen) atoms. The van der Waals surface area contributed by atoms with E-state index in [-0.39, 0.29) is 18.3 Å². The molecule has 3 aromatic rings. The van der Waals surface area contributed by atoms with Crippen LogP contribution in [0.5, 0.6) is 0 Å². The summed E-state index contributed by atoms with van der Waals surface area (Å²) in [7, 11) is -3.88. The fourth-order valence-electron chi connectivity index (χ4n) is 2.38. The molecule has 3 rings (SSSR count). The average molecular weight is 389 g/mol. The number of rotatable bonds is 6. The minimum atomic E-state index is -3.88. The standard InChI is InChI=1S/C18H16FN3O4S/c1-12-4-2-3-5-15(12)17(23)20-10-16-21-22-18(26-16)27(24,25)11-13-6-8-14(19)9-7-13/h2-9H,10-11H2,1H3,(H,20,23). The third-order valence-electron chi connectivity index (χ3n) is 3.77. The Morgan fingerprint density at radius 3 is 2.52 bits per heavy atom. The second-order valence-electron chi connectivity index (χ2n) is 5.84. The third-order valence-corrected chi connectivity index (χ3v) is 5.18. The summed E-state index contributed by atoms with van der Waals surface area (Å²) < 4.78 is 42.7. The summed E-state index contributed by atoms with van der Waals surface area (Å²) in [6, 6.07) is 12.1. The highest BCUT2D eigenvalue weighted by atomic mass is 32.2. The molecule has 7 nitrogen and oxygen atoms in total. The SMILES string of the molecule is Cc1ccccc1C(=O)NCc1nnc(S(=O)(=O)Cc2ccc(F)cc2)o1. The fraction of sp³-hybridized carbons (Fsp3) is 0.167. The zero-order valence-corrected chi connectivity index (χ0v) is 15.2. The quantitative estimate of drug-likeness (QED) is 0.695. The van der Waals surface area contributed by atoms with Gasteiger partial charge in [-0.3, -0.25) is 4.79 Å². The van der Waals surface area contributed by atoms with E-state index in [0.29, 0.717) is 11.1 Å². The second-order valence-corrected chi connectivity index (χ2v) is 7.71. The number of nitrogens with one attached hydrogen (secondary N) is 1. The lowest BCUT2D eigenvalue weighted by Crippen LogP contribution is -2.23. The zero-order chi connectivity index (χ0) is 19.4. The summed E-state index contributed by atoms with van der Waals surface area (Å²) in [4.78, 5) is 12.2. The number of hydrogen-bond donors (Lipinski definition) is 1. The number of nitrogens with zero attached hydrogens (tertiary/aromatic N) is 2. The number of halogens is 1. The average Bonchev–Trinajstić information content (AvgIpc) is 3.12. The second kappa shape index (κ2) is 7.67. The van der Waals surface area contributed by atoms with Crippen LogP contribution in [0.2, 0.25) is 0 Å². The van der Waals surface area contributed by atoms with Crippen LogP contribution in [0.15, 0.2) is 58.2 Å². The molecule has 0 atom stereocenters. The van der Waals surface area contributed by atoms with Crippen LogP contribution in [0.1, 0.15) is 27.4 Å². The van der Waals surface area contributed by atoms with E-state index in [4.69, 9.17) is 4.42 Å². The number of hydrogen-bond acceptors (Lipinski definition) is 6. The Labute approximate surface area is 155 Å². The highest BCUT2D eigenvalue weighted by molar-refractivity contribution is 7.90. The van der Waals surface area contributed by atoms with Gasteiger partial charge in [0.25, 0.3) is 5.91 Å². The van der Waals surface area contributed by atoms with Crippen molar-refractivity contribution in [3.8, 4) is 0 Å². The Bertz CT molecular complexity index is 1060. The van der Waals surface area contributed by atoms with Gasteiger partial charge in [0.1, 0.15) is 5.82 Å². The van der Waals surface area contributed by atoms with Crippen molar-refractivity contribution in [2.45, 2.75) is 24.4 Å². The third kappa shape index (κ3) is 4.56. The van der Waals surface area contributed by atoms with Crippen LogP contribution < -0.4 is 5.32 Å². The molecule has 1 N–H and O–H groups in total. The molecule has 9 heteroatoms. The van der Waals surface area contributed by atoms with Crippen LogP contribution in [0.3, 0.4) is 0 Å². The first kappa shape index (κ1) is 18.7. The molecule has 1 amide bonds. The molecule has 0 radical (unpaired) electrons. The largest absolute Gasteiger partial charge is 0.411 e. The van der Waals surface area contributed by atoms with Crippen molar-refractivity contribution >= 4 is 15.7 Å². The van der Waals surface area contributed by atoms with Gasteiger partial charge >= 0.3 is 5.22 Å². The van der Waals surface area contributed by atoms with Crippen molar-refractivity contribution in [2.24, 2.45) is 0 Å². The molecule has 0 saturated heterocycles. The van der Waals surface area contributed by atoms with E-state index in [1.54, 1.807) is 12.1 Å². The molecule has 1 aromatic heterocycles. The molecule has 0 aliphatic heterocycles. The van der Waals surface area contributed by atoms with Crippen molar-refractivity contribution < 1.29 is 22.0 Å². The lowest BCUT2D eigenvalue weighted by molar-refractivity contribution is 0.0946. The van der Waals surface area contributed by atoms with Crippen molar-refractivity contribution in [3.63, 3.8) is 0 Å². The van der Waals surface area contributed by atoms with E-state index in [1.807, 2.05) is 19.1 Å². The molecule has 0 spiro atoms. The number of aromatic nitrogens is 2. The Balaban J connectivity index is 1.66. The predicted molar refractivity (Wildman–Crippen MR) is 93.9 cm³/mol. The van der Waals surface area contributed by atoms with Crippen LogP contribution >= 0.6 is 0 Å². The zero-order valence-electron chi connectivity index (χ0n) is 14.3. The summed E-state index contributed by atoms with van der Waals surface area (Å²) in [6.45, 7) is 1.70. The maximum atomic E-state index is 12.9. The first-order chi connectivity index (χ1) is 12.8. The lowest BCUT2D eigenvalue weighted by Gasteiger charge is -2.05. The Morgan fingerprint density at radius 2 is 1.81 bits per heavy atom. The maximum absolute atomic E-state index is 12.9. The summed E-state index contributed by atoms with van der Waals surface area (Å²) >= 11 is 0. The Morgan fingerprint density at radius 1 is 1.11 bits per heavy atom. The molecule has 0 saturated carbocycles. The van der Waals surface area contributed by atoms with Crippen LogP contribution in [0, 0.1) is 12.7 Å². The summed E-state index contributed by atoms with van der Waals surface area (Å²) in [6.07, 6.45) is 0. The topological polar surface area (TPSA) is 102 Å². The molecular formula is C18H16FN3O4S. The van der Waals surface area contributed by atoms with Crippen molar-refractivity contribution in [2.75, 3.05) is 0 Å². The summed E-state index contributed by atoms with van der Waals surface area (Å²) in [5.74, 6) is -1.22. The monoisotopic (exact) mass is 389 g/mol. The van der Waals surface area contributed by atoms with E-state index < -0.39 is 26.6 Å². The van der Waals surface area contributed by atoms with Gasteiger partial charge in [0.15, 0.2) is 0 Å². The smallest absolute Gasteiger partial charge is 0.335 e. The van der Waals surface area contributed by atoms with Crippen LogP contribution in [-0.4, -0.2) is 24.5 Å². The van der Waals surface area contributed by atoms with Gasteiger partial charge in [-0.05, 0) is 36.2 Å². The highest BCUT2D eigenvalue weighted by Crippen LogP contribution is 2.16. The number of carbonyl (C=O) groups is 1. The fourth-order valence-corrected chi connectivity index (χ4v) is 3.52. The van der Waals surface area contributed by atoms with Gasteiger partial charge in [0, 0.05) is 5.56 Å².